The third-order valence-corrected chi connectivity index (χ3v) is 4.52. The van der Waals surface area contributed by atoms with E-state index in [-0.39, 0.29) is 16.6 Å². The standard InChI is InChI=1S/C16H16N4O3S/c1-3-17-15(21)12-6-4-11(5-7-12)13-10-19-14-16(24(2,22)23)18-8-9-20(13)14/h4-10H,3H2,1-2H3,(H,17,21). The summed E-state index contributed by atoms with van der Waals surface area (Å²) in [7, 11) is -3.47. The van der Waals surface area contributed by atoms with Crippen molar-refractivity contribution in [3.05, 3.63) is 48.4 Å². The fourth-order valence-corrected chi connectivity index (χ4v) is 3.16. The smallest absolute Gasteiger partial charge is 0.251 e. The lowest BCUT2D eigenvalue weighted by Crippen LogP contribution is -2.22. The number of aromatic nitrogens is 3. The molecule has 0 aliphatic rings. The summed E-state index contributed by atoms with van der Waals surface area (Å²) in [6.45, 7) is 2.42. The second-order valence-corrected chi connectivity index (χ2v) is 7.21. The minimum absolute atomic E-state index is 0.0600. The third kappa shape index (κ3) is 2.88. The van der Waals surface area contributed by atoms with E-state index < -0.39 is 9.84 Å². The van der Waals surface area contributed by atoms with Crippen LogP contribution in [0.25, 0.3) is 16.9 Å². The van der Waals surface area contributed by atoms with Crippen LogP contribution < -0.4 is 5.32 Å². The molecule has 8 heteroatoms. The summed E-state index contributed by atoms with van der Waals surface area (Å²) in [4.78, 5) is 19.9. The van der Waals surface area contributed by atoms with Gasteiger partial charge in [-0.2, -0.15) is 0 Å². The maximum atomic E-state index is 11.8. The Bertz CT molecular complexity index is 1010. The summed E-state index contributed by atoms with van der Waals surface area (Å²) < 4.78 is 25.3. The molecule has 2 aromatic heterocycles. The molecule has 3 aromatic rings. The second kappa shape index (κ2) is 6.04. The summed E-state index contributed by atoms with van der Waals surface area (Å²) in [5, 5.41) is 2.68. The zero-order chi connectivity index (χ0) is 17.3. The Balaban J connectivity index is 2.06. The van der Waals surface area contributed by atoms with Crippen molar-refractivity contribution in [2.24, 2.45) is 0 Å². The number of sulfone groups is 1. The van der Waals surface area contributed by atoms with Crippen LogP contribution in [0.2, 0.25) is 0 Å². The number of fused-ring (bicyclic) bond motifs is 1. The zero-order valence-corrected chi connectivity index (χ0v) is 14.0. The van der Waals surface area contributed by atoms with Crippen molar-refractivity contribution >= 4 is 21.4 Å². The zero-order valence-electron chi connectivity index (χ0n) is 13.2. The molecule has 0 saturated carbocycles. The van der Waals surface area contributed by atoms with Crippen molar-refractivity contribution in [3.63, 3.8) is 0 Å². The van der Waals surface area contributed by atoms with Gasteiger partial charge in [-0.05, 0) is 19.1 Å². The van der Waals surface area contributed by atoms with E-state index in [1.54, 1.807) is 41.1 Å². The molecule has 0 spiro atoms. The molecule has 0 bridgehead atoms. The van der Waals surface area contributed by atoms with E-state index >= 15 is 0 Å². The van der Waals surface area contributed by atoms with Crippen LogP contribution in [0, 0.1) is 0 Å². The van der Waals surface area contributed by atoms with Gasteiger partial charge >= 0.3 is 0 Å². The number of imidazole rings is 1. The van der Waals surface area contributed by atoms with Crippen LogP contribution >= 0.6 is 0 Å². The molecule has 0 radical (unpaired) electrons. The summed E-state index contributed by atoms with van der Waals surface area (Å²) in [6.07, 6.45) is 5.78. The Morgan fingerprint density at radius 3 is 2.54 bits per heavy atom. The topological polar surface area (TPSA) is 93.4 Å². The van der Waals surface area contributed by atoms with Crippen molar-refractivity contribution in [1.29, 1.82) is 0 Å². The number of nitrogens with zero attached hydrogens (tertiary/aromatic N) is 3. The lowest BCUT2D eigenvalue weighted by atomic mass is 10.1. The minimum Gasteiger partial charge on any atom is -0.352 e. The maximum Gasteiger partial charge on any atom is 0.251 e. The number of carbonyl (C=O) groups is 1. The van der Waals surface area contributed by atoms with Gasteiger partial charge in [0.25, 0.3) is 5.91 Å². The van der Waals surface area contributed by atoms with Gasteiger partial charge in [0.15, 0.2) is 20.5 Å². The van der Waals surface area contributed by atoms with Crippen LogP contribution in [-0.2, 0) is 9.84 Å². The second-order valence-electron chi connectivity index (χ2n) is 5.28. The van der Waals surface area contributed by atoms with Crippen molar-refractivity contribution in [2.45, 2.75) is 11.9 Å². The Morgan fingerprint density at radius 1 is 1.21 bits per heavy atom. The molecule has 124 valence electrons. The number of carbonyl (C=O) groups excluding carboxylic acids is 1. The SMILES string of the molecule is CCNC(=O)c1ccc(-c2cnc3c(S(C)(=O)=O)nccn23)cc1. The molecule has 0 saturated heterocycles. The maximum absolute atomic E-state index is 11.8. The van der Waals surface area contributed by atoms with Gasteiger partial charge < -0.3 is 5.32 Å². The summed E-state index contributed by atoms with van der Waals surface area (Å²) in [5.74, 6) is -0.134. The van der Waals surface area contributed by atoms with E-state index in [2.05, 4.69) is 15.3 Å². The summed E-state index contributed by atoms with van der Waals surface area (Å²) in [5.41, 5.74) is 2.39. The normalized spacial score (nSPS) is 11.6. The van der Waals surface area contributed by atoms with Gasteiger partial charge in [0.05, 0.1) is 11.9 Å². The van der Waals surface area contributed by atoms with Crippen molar-refractivity contribution in [1.82, 2.24) is 19.7 Å². The number of hydrogen-bond donors (Lipinski definition) is 1. The molecular weight excluding hydrogens is 328 g/mol. The fraction of sp³-hybridized carbons (Fsp3) is 0.188. The van der Waals surface area contributed by atoms with E-state index in [4.69, 9.17) is 0 Å². The predicted molar refractivity (Wildman–Crippen MR) is 89.5 cm³/mol. The molecule has 0 aliphatic carbocycles. The highest BCUT2D eigenvalue weighted by Gasteiger charge is 2.17. The van der Waals surface area contributed by atoms with Gasteiger partial charge in [-0.1, -0.05) is 12.1 Å². The van der Waals surface area contributed by atoms with Crippen molar-refractivity contribution < 1.29 is 13.2 Å². The quantitative estimate of drug-likeness (QED) is 0.775. The lowest BCUT2D eigenvalue weighted by Gasteiger charge is -2.06. The average Bonchev–Trinajstić information content (AvgIpc) is 2.98. The Kier molecular flexibility index (Phi) is 4.06. The van der Waals surface area contributed by atoms with Crippen LogP contribution in [0.1, 0.15) is 17.3 Å². The molecule has 7 nitrogen and oxygen atoms in total. The molecule has 0 atom stereocenters. The van der Waals surface area contributed by atoms with E-state index in [1.165, 1.54) is 6.20 Å². The highest BCUT2D eigenvalue weighted by atomic mass is 32.2. The van der Waals surface area contributed by atoms with Crippen molar-refractivity contribution in [2.75, 3.05) is 12.8 Å². The van der Waals surface area contributed by atoms with Crippen LogP contribution in [0.3, 0.4) is 0 Å². The van der Waals surface area contributed by atoms with E-state index in [0.29, 0.717) is 12.1 Å². The number of nitrogens with one attached hydrogen (secondary N) is 1. The molecule has 1 N–H and O–H groups in total. The Hall–Kier alpha value is -2.74. The van der Waals surface area contributed by atoms with E-state index in [1.807, 2.05) is 6.92 Å². The molecule has 24 heavy (non-hydrogen) atoms. The first kappa shape index (κ1) is 16.1. The molecule has 3 rings (SSSR count). The van der Waals surface area contributed by atoms with Crippen LogP contribution in [0.5, 0.6) is 0 Å². The van der Waals surface area contributed by atoms with Crippen LogP contribution in [0.15, 0.2) is 47.9 Å². The monoisotopic (exact) mass is 344 g/mol. The highest BCUT2D eigenvalue weighted by molar-refractivity contribution is 7.90. The van der Waals surface area contributed by atoms with Crippen LogP contribution in [0.4, 0.5) is 0 Å². The largest absolute Gasteiger partial charge is 0.352 e. The predicted octanol–water partition coefficient (Wildman–Crippen LogP) is 1.55. The molecule has 0 fully saturated rings. The Labute approximate surface area is 139 Å². The molecular formula is C16H16N4O3S. The third-order valence-electron chi connectivity index (χ3n) is 3.53. The molecule has 1 aromatic carbocycles. The number of amides is 1. The lowest BCUT2D eigenvalue weighted by molar-refractivity contribution is 0.0956. The average molecular weight is 344 g/mol. The summed E-state index contributed by atoms with van der Waals surface area (Å²) in [6, 6.07) is 7.04. The molecule has 0 unspecified atom stereocenters. The number of hydrogen-bond acceptors (Lipinski definition) is 5. The minimum atomic E-state index is -3.47. The molecule has 1 amide bonds. The van der Waals surface area contributed by atoms with Gasteiger partial charge in [0, 0.05) is 36.3 Å². The van der Waals surface area contributed by atoms with Gasteiger partial charge in [-0.3, -0.25) is 9.20 Å². The first-order chi connectivity index (χ1) is 11.4. The van der Waals surface area contributed by atoms with Gasteiger partial charge in [0.1, 0.15) is 0 Å². The van der Waals surface area contributed by atoms with Gasteiger partial charge in [0.2, 0.25) is 0 Å². The van der Waals surface area contributed by atoms with Gasteiger partial charge in [-0.15, -0.1) is 0 Å². The fourth-order valence-electron chi connectivity index (χ4n) is 2.43. The molecule has 0 aliphatic heterocycles. The number of benzene rings is 1. The van der Waals surface area contributed by atoms with E-state index in [0.717, 1.165) is 17.5 Å². The Morgan fingerprint density at radius 2 is 1.92 bits per heavy atom. The van der Waals surface area contributed by atoms with Gasteiger partial charge in [-0.25, -0.2) is 18.4 Å². The first-order valence-corrected chi connectivity index (χ1v) is 9.21. The number of rotatable bonds is 4. The first-order valence-electron chi connectivity index (χ1n) is 7.32. The van der Waals surface area contributed by atoms with Crippen molar-refractivity contribution in [3.8, 4) is 11.3 Å². The highest BCUT2D eigenvalue weighted by Crippen LogP contribution is 2.23. The van der Waals surface area contributed by atoms with E-state index in [9.17, 15) is 13.2 Å². The summed E-state index contributed by atoms with van der Waals surface area (Å²) >= 11 is 0. The van der Waals surface area contributed by atoms with Crippen LogP contribution in [-0.4, -0.2) is 41.5 Å². The molecule has 2 heterocycles.